The second-order valence-corrected chi connectivity index (χ2v) is 7.52. The molecule has 0 bridgehead atoms. The van der Waals surface area contributed by atoms with Crippen LogP contribution in [0.5, 0.6) is 0 Å². The smallest absolute Gasteiger partial charge is 0.255 e. The summed E-state index contributed by atoms with van der Waals surface area (Å²) in [5, 5.41) is 2.96. The molecule has 148 valence electrons. The van der Waals surface area contributed by atoms with Gasteiger partial charge in [0.25, 0.3) is 5.91 Å². The third-order valence-electron chi connectivity index (χ3n) is 5.47. The number of aromatic nitrogens is 2. The Hall–Kier alpha value is -3.73. The summed E-state index contributed by atoms with van der Waals surface area (Å²) in [6.45, 7) is 2.08. The molecule has 0 atom stereocenters. The monoisotopic (exact) mass is 394 g/mol. The zero-order valence-electron chi connectivity index (χ0n) is 16.6. The lowest BCUT2D eigenvalue weighted by Crippen LogP contribution is -2.19. The second-order valence-electron chi connectivity index (χ2n) is 7.52. The lowest BCUT2D eigenvalue weighted by atomic mass is 10.0. The molecule has 4 aromatic rings. The standard InChI is InChI=1S/C25H22N4O/c30-25(20-10-8-19(9-11-20)18-6-2-1-3-7-18)27-21-12-13-22-23(16-21)26-17-24(28-22)29-14-4-5-15-29/h1-3,6-13,16-17H,4-5,14-15H2,(H,27,30). The Bertz CT molecular complexity index is 1180. The number of anilines is 2. The minimum Gasteiger partial charge on any atom is -0.355 e. The van der Waals surface area contributed by atoms with E-state index in [4.69, 9.17) is 4.98 Å². The summed E-state index contributed by atoms with van der Waals surface area (Å²) in [7, 11) is 0. The van der Waals surface area contributed by atoms with Crippen molar-refractivity contribution in [1.82, 2.24) is 9.97 Å². The van der Waals surface area contributed by atoms with Crippen LogP contribution in [0.3, 0.4) is 0 Å². The van der Waals surface area contributed by atoms with Crippen LogP contribution >= 0.6 is 0 Å². The third-order valence-corrected chi connectivity index (χ3v) is 5.47. The summed E-state index contributed by atoms with van der Waals surface area (Å²) in [6.07, 6.45) is 4.23. The highest BCUT2D eigenvalue weighted by Crippen LogP contribution is 2.23. The van der Waals surface area contributed by atoms with Gasteiger partial charge in [0.1, 0.15) is 5.82 Å². The van der Waals surface area contributed by atoms with Gasteiger partial charge in [0.2, 0.25) is 0 Å². The molecule has 5 heteroatoms. The summed E-state index contributed by atoms with van der Waals surface area (Å²) >= 11 is 0. The van der Waals surface area contributed by atoms with Crippen LogP contribution in [-0.2, 0) is 0 Å². The van der Waals surface area contributed by atoms with E-state index in [-0.39, 0.29) is 5.91 Å². The van der Waals surface area contributed by atoms with E-state index >= 15 is 0 Å². The van der Waals surface area contributed by atoms with Crippen molar-refractivity contribution in [1.29, 1.82) is 0 Å². The Labute approximate surface area is 175 Å². The number of nitrogens with zero attached hydrogens (tertiary/aromatic N) is 3. The maximum Gasteiger partial charge on any atom is 0.255 e. The first kappa shape index (κ1) is 18.3. The van der Waals surface area contributed by atoms with Crippen LogP contribution in [-0.4, -0.2) is 29.0 Å². The molecule has 3 aromatic carbocycles. The number of carbonyl (C=O) groups excluding carboxylic acids is 1. The van der Waals surface area contributed by atoms with E-state index in [1.165, 1.54) is 12.8 Å². The zero-order valence-corrected chi connectivity index (χ0v) is 16.6. The Balaban J connectivity index is 1.32. The van der Waals surface area contributed by atoms with Crippen LogP contribution in [0.1, 0.15) is 23.2 Å². The van der Waals surface area contributed by atoms with Gasteiger partial charge in [-0.15, -0.1) is 0 Å². The van der Waals surface area contributed by atoms with E-state index in [0.717, 1.165) is 41.1 Å². The highest BCUT2D eigenvalue weighted by molar-refractivity contribution is 6.05. The maximum atomic E-state index is 12.7. The van der Waals surface area contributed by atoms with Crippen LogP contribution in [0.2, 0.25) is 0 Å². The maximum absolute atomic E-state index is 12.7. The first-order chi connectivity index (χ1) is 14.8. The molecular weight excluding hydrogens is 372 g/mol. The van der Waals surface area contributed by atoms with Gasteiger partial charge in [-0.25, -0.2) is 4.98 Å². The minimum atomic E-state index is -0.143. The van der Waals surface area contributed by atoms with Crippen molar-refractivity contribution in [3.05, 3.63) is 84.6 Å². The summed E-state index contributed by atoms with van der Waals surface area (Å²) in [5.74, 6) is 0.783. The fourth-order valence-electron chi connectivity index (χ4n) is 3.83. The van der Waals surface area contributed by atoms with Gasteiger partial charge in [0.05, 0.1) is 17.2 Å². The van der Waals surface area contributed by atoms with E-state index in [2.05, 4.69) is 27.3 Å². The molecule has 0 radical (unpaired) electrons. The number of benzene rings is 3. The molecule has 5 nitrogen and oxygen atoms in total. The topological polar surface area (TPSA) is 58.1 Å². The SMILES string of the molecule is O=C(Nc1ccc2nc(N3CCCC3)cnc2c1)c1ccc(-c2ccccc2)cc1. The lowest BCUT2D eigenvalue weighted by molar-refractivity contribution is 0.102. The number of hydrogen-bond acceptors (Lipinski definition) is 4. The summed E-state index contributed by atoms with van der Waals surface area (Å²) in [5.41, 5.74) is 5.15. The van der Waals surface area contributed by atoms with Gasteiger partial charge in [-0.3, -0.25) is 9.78 Å². The third kappa shape index (κ3) is 3.74. The zero-order chi connectivity index (χ0) is 20.3. The van der Waals surface area contributed by atoms with Crippen molar-refractivity contribution in [2.75, 3.05) is 23.3 Å². The van der Waals surface area contributed by atoms with Crippen LogP contribution in [0.15, 0.2) is 79.0 Å². The highest BCUT2D eigenvalue weighted by Gasteiger charge is 2.14. The van der Waals surface area contributed by atoms with Crippen molar-refractivity contribution >= 4 is 28.4 Å². The molecule has 0 spiro atoms. The summed E-state index contributed by atoms with van der Waals surface area (Å²) in [6, 6.07) is 23.4. The van der Waals surface area contributed by atoms with E-state index < -0.39 is 0 Å². The Morgan fingerprint density at radius 1 is 0.833 bits per heavy atom. The molecule has 1 aromatic heterocycles. The minimum absolute atomic E-state index is 0.143. The average Bonchev–Trinajstić information content (AvgIpc) is 3.34. The van der Waals surface area contributed by atoms with Gasteiger partial charge in [-0.2, -0.15) is 0 Å². The van der Waals surface area contributed by atoms with Gasteiger partial charge in [0, 0.05) is 24.3 Å². The number of rotatable bonds is 4. The van der Waals surface area contributed by atoms with E-state index in [1.54, 1.807) is 0 Å². The highest BCUT2D eigenvalue weighted by atomic mass is 16.1. The number of fused-ring (bicyclic) bond motifs is 1. The Morgan fingerprint density at radius 2 is 1.57 bits per heavy atom. The van der Waals surface area contributed by atoms with Crippen molar-refractivity contribution in [3.8, 4) is 11.1 Å². The van der Waals surface area contributed by atoms with Gasteiger partial charge >= 0.3 is 0 Å². The first-order valence-corrected chi connectivity index (χ1v) is 10.2. The van der Waals surface area contributed by atoms with Crippen LogP contribution < -0.4 is 10.2 Å². The van der Waals surface area contributed by atoms with Gasteiger partial charge in [0.15, 0.2) is 0 Å². The number of hydrogen-bond donors (Lipinski definition) is 1. The molecule has 0 unspecified atom stereocenters. The van der Waals surface area contributed by atoms with Crippen LogP contribution in [0.4, 0.5) is 11.5 Å². The predicted octanol–water partition coefficient (Wildman–Crippen LogP) is 5.15. The van der Waals surface area contributed by atoms with Crippen molar-refractivity contribution in [2.24, 2.45) is 0 Å². The fraction of sp³-hybridized carbons (Fsp3) is 0.160. The Kier molecular flexibility index (Phi) is 4.85. The van der Waals surface area contributed by atoms with Gasteiger partial charge in [-0.1, -0.05) is 42.5 Å². The lowest BCUT2D eigenvalue weighted by Gasteiger charge is -2.16. The van der Waals surface area contributed by atoms with Crippen LogP contribution in [0.25, 0.3) is 22.2 Å². The molecule has 1 amide bonds. The molecule has 0 aliphatic carbocycles. The predicted molar refractivity (Wildman–Crippen MR) is 121 cm³/mol. The number of amides is 1. The number of carbonyl (C=O) groups is 1. The van der Waals surface area contributed by atoms with Crippen molar-refractivity contribution < 1.29 is 4.79 Å². The van der Waals surface area contributed by atoms with E-state index in [1.807, 2.05) is 66.9 Å². The summed E-state index contributed by atoms with van der Waals surface area (Å²) < 4.78 is 0. The molecule has 1 aliphatic heterocycles. The molecule has 1 aliphatic rings. The molecule has 0 saturated carbocycles. The van der Waals surface area contributed by atoms with Crippen molar-refractivity contribution in [2.45, 2.75) is 12.8 Å². The molecule has 30 heavy (non-hydrogen) atoms. The van der Waals surface area contributed by atoms with Gasteiger partial charge in [-0.05, 0) is 54.3 Å². The Morgan fingerprint density at radius 3 is 2.33 bits per heavy atom. The number of nitrogens with one attached hydrogen (secondary N) is 1. The second kappa shape index (κ2) is 7.95. The normalized spacial score (nSPS) is 13.5. The van der Waals surface area contributed by atoms with E-state index in [0.29, 0.717) is 11.3 Å². The molecular formula is C25H22N4O. The van der Waals surface area contributed by atoms with E-state index in [9.17, 15) is 4.79 Å². The fourth-order valence-corrected chi connectivity index (χ4v) is 3.83. The molecule has 1 N–H and O–H groups in total. The molecule has 1 fully saturated rings. The first-order valence-electron chi connectivity index (χ1n) is 10.2. The van der Waals surface area contributed by atoms with Crippen molar-refractivity contribution in [3.63, 3.8) is 0 Å². The molecule has 5 rings (SSSR count). The molecule has 2 heterocycles. The van der Waals surface area contributed by atoms with Gasteiger partial charge < -0.3 is 10.2 Å². The van der Waals surface area contributed by atoms with Crippen LogP contribution in [0, 0.1) is 0 Å². The summed E-state index contributed by atoms with van der Waals surface area (Å²) in [4.78, 5) is 24.2. The quantitative estimate of drug-likeness (QED) is 0.520. The largest absolute Gasteiger partial charge is 0.355 e. The average molecular weight is 394 g/mol. The molecule has 1 saturated heterocycles.